The van der Waals surface area contributed by atoms with E-state index in [1.165, 1.54) is 14.2 Å². The summed E-state index contributed by atoms with van der Waals surface area (Å²) in [5.74, 6) is -3.02. The number of aliphatic hydroxyl groups excluding tert-OH is 1. The fourth-order valence-corrected chi connectivity index (χ4v) is 1.69. The average molecular weight is 261 g/mol. The first kappa shape index (κ1) is 14.7. The van der Waals surface area contributed by atoms with Crippen molar-refractivity contribution < 1.29 is 23.4 Å². The van der Waals surface area contributed by atoms with E-state index in [0.717, 1.165) is 5.56 Å². The lowest BCUT2D eigenvalue weighted by Gasteiger charge is -2.25. The lowest BCUT2D eigenvalue weighted by atomic mass is 9.98. The van der Waals surface area contributed by atoms with Gasteiger partial charge in [-0.1, -0.05) is 0 Å². The summed E-state index contributed by atoms with van der Waals surface area (Å²) in [6, 6.07) is 1.48. The molecule has 1 aromatic carbocycles. The number of nitrogens with two attached hydrogens (primary N) is 1. The monoisotopic (exact) mass is 261 g/mol. The molecular formula is C12H17F2NO3. The molecule has 0 aromatic heterocycles. The van der Waals surface area contributed by atoms with Gasteiger partial charge in [0.1, 0.15) is 24.1 Å². The maximum atomic E-state index is 13.5. The van der Waals surface area contributed by atoms with E-state index in [0.29, 0.717) is 0 Å². The molecule has 6 heteroatoms. The Morgan fingerprint density at radius 2 is 1.72 bits per heavy atom. The zero-order chi connectivity index (χ0) is 13.9. The Hall–Kier alpha value is -1.40. The number of aliphatic hydroxyl groups is 1. The van der Waals surface area contributed by atoms with Crippen molar-refractivity contribution in [3.05, 3.63) is 23.3 Å². The van der Waals surface area contributed by atoms with E-state index in [-0.39, 0.29) is 17.1 Å². The first-order valence-corrected chi connectivity index (χ1v) is 5.34. The molecule has 0 saturated carbocycles. The maximum absolute atomic E-state index is 13.5. The highest BCUT2D eigenvalue weighted by atomic mass is 19.3. The summed E-state index contributed by atoms with van der Waals surface area (Å²) < 4.78 is 37.1. The van der Waals surface area contributed by atoms with Crippen molar-refractivity contribution in [2.75, 3.05) is 20.8 Å². The Bertz CT molecular complexity index is 399. The van der Waals surface area contributed by atoms with E-state index in [9.17, 15) is 8.78 Å². The molecule has 102 valence electrons. The summed E-state index contributed by atoms with van der Waals surface area (Å²) in [5, 5.41) is 8.70. The zero-order valence-corrected chi connectivity index (χ0v) is 10.5. The Labute approximate surface area is 104 Å². The predicted octanol–water partition coefficient (Wildman–Crippen LogP) is 1.64. The summed E-state index contributed by atoms with van der Waals surface area (Å²) in [7, 11) is 2.73. The average Bonchev–Trinajstić information content (AvgIpc) is 2.36. The van der Waals surface area contributed by atoms with Crippen LogP contribution in [-0.4, -0.2) is 31.9 Å². The van der Waals surface area contributed by atoms with Gasteiger partial charge in [0.05, 0.1) is 19.8 Å². The molecule has 0 aliphatic carbocycles. The van der Waals surface area contributed by atoms with Crippen LogP contribution in [-0.2, 0) is 0 Å². The minimum absolute atomic E-state index is 0.0460. The number of rotatable bonds is 5. The van der Waals surface area contributed by atoms with Gasteiger partial charge in [0.2, 0.25) is 0 Å². The van der Waals surface area contributed by atoms with Crippen LogP contribution < -0.4 is 15.2 Å². The van der Waals surface area contributed by atoms with Crippen molar-refractivity contribution in [2.45, 2.75) is 18.9 Å². The summed E-state index contributed by atoms with van der Waals surface area (Å²) in [5.41, 5.74) is 6.36. The summed E-state index contributed by atoms with van der Waals surface area (Å²) in [6.07, 6.45) is 0. The van der Waals surface area contributed by atoms with E-state index in [1.54, 1.807) is 19.1 Å². The molecule has 1 aromatic rings. The number of alkyl halides is 2. The number of benzene rings is 1. The molecule has 0 radical (unpaired) electrons. The van der Waals surface area contributed by atoms with Crippen LogP contribution >= 0.6 is 0 Å². The van der Waals surface area contributed by atoms with Crippen molar-refractivity contribution in [1.29, 1.82) is 0 Å². The third-order valence-corrected chi connectivity index (χ3v) is 2.67. The number of ether oxygens (including phenoxy) is 2. The molecule has 0 aliphatic heterocycles. The minimum Gasteiger partial charge on any atom is -0.496 e. The molecule has 0 spiro atoms. The van der Waals surface area contributed by atoms with E-state index in [1.807, 2.05) is 0 Å². The van der Waals surface area contributed by atoms with Gasteiger partial charge in [-0.2, -0.15) is 0 Å². The Balaban J connectivity index is 3.37. The predicted molar refractivity (Wildman–Crippen MR) is 63.2 cm³/mol. The molecule has 1 rings (SSSR count). The maximum Gasteiger partial charge on any atom is 0.289 e. The Morgan fingerprint density at radius 1 is 1.28 bits per heavy atom. The molecule has 0 saturated heterocycles. The van der Waals surface area contributed by atoms with Crippen LogP contribution in [0.3, 0.4) is 0 Å². The van der Waals surface area contributed by atoms with Gasteiger partial charge in [0, 0.05) is 0 Å². The number of hydrogen-bond donors (Lipinski definition) is 2. The Kier molecular flexibility index (Phi) is 4.48. The molecule has 4 nitrogen and oxygen atoms in total. The normalized spacial score (nSPS) is 13.3. The summed E-state index contributed by atoms with van der Waals surface area (Å²) in [4.78, 5) is 0. The second-order valence-corrected chi connectivity index (χ2v) is 3.98. The number of hydrogen-bond acceptors (Lipinski definition) is 4. The highest BCUT2D eigenvalue weighted by molar-refractivity contribution is 5.50. The van der Waals surface area contributed by atoms with Gasteiger partial charge < -0.3 is 20.3 Å². The summed E-state index contributed by atoms with van der Waals surface area (Å²) >= 11 is 0. The number of halogens is 2. The van der Waals surface area contributed by atoms with Gasteiger partial charge >= 0.3 is 0 Å². The van der Waals surface area contributed by atoms with Crippen molar-refractivity contribution in [2.24, 2.45) is 5.73 Å². The molecule has 0 amide bonds. The van der Waals surface area contributed by atoms with E-state index in [2.05, 4.69) is 0 Å². The molecular weight excluding hydrogens is 244 g/mol. The second kappa shape index (κ2) is 5.49. The molecule has 3 N–H and O–H groups in total. The molecule has 0 unspecified atom stereocenters. The van der Waals surface area contributed by atoms with Crippen LogP contribution in [0, 0.1) is 6.92 Å². The molecule has 1 atom stereocenters. The van der Waals surface area contributed by atoms with Crippen LogP contribution in [0.25, 0.3) is 0 Å². The molecule has 18 heavy (non-hydrogen) atoms. The van der Waals surface area contributed by atoms with Crippen LogP contribution in [0.4, 0.5) is 8.78 Å². The van der Waals surface area contributed by atoms with Crippen molar-refractivity contribution in [3.8, 4) is 11.5 Å². The fourth-order valence-electron chi connectivity index (χ4n) is 1.69. The van der Waals surface area contributed by atoms with Crippen molar-refractivity contribution in [1.82, 2.24) is 0 Å². The zero-order valence-electron chi connectivity index (χ0n) is 10.5. The van der Waals surface area contributed by atoms with Crippen molar-refractivity contribution in [3.63, 3.8) is 0 Å². The van der Waals surface area contributed by atoms with Crippen LogP contribution in [0.2, 0.25) is 0 Å². The van der Waals surface area contributed by atoms with E-state index in [4.69, 9.17) is 20.3 Å². The SMILES string of the molecule is COc1cc(C)cc(OC)c1[C@@H](N)C(F)(F)CO. The van der Waals surface area contributed by atoms with E-state index < -0.39 is 18.6 Å². The smallest absolute Gasteiger partial charge is 0.289 e. The topological polar surface area (TPSA) is 64.7 Å². The van der Waals surface area contributed by atoms with Gasteiger partial charge in [0.25, 0.3) is 5.92 Å². The first-order chi connectivity index (χ1) is 8.37. The molecule has 0 fully saturated rings. The van der Waals surface area contributed by atoms with Crippen molar-refractivity contribution >= 4 is 0 Å². The van der Waals surface area contributed by atoms with Gasteiger partial charge in [0.15, 0.2) is 0 Å². The molecule has 0 aliphatic rings. The van der Waals surface area contributed by atoms with Crippen LogP contribution in [0.1, 0.15) is 17.2 Å². The minimum atomic E-state index is -3.45. The lowest BCUT2D eigenvalue weighted by molar-refractivity contribution is -0.0719. The highest BCUT2D eigenvalue weighted by Crippen LogP contribution is 2.40. The van der Waals surface area contributed by atoms with Gasteiger partial charge in [-0.15, -0.1) is 0 Å². The number of aryl methyl sites for hydroxylation is 1. The fraction of sp³-hybridized carbons (Fsp3) is 0.500. The lowest BCUT2D eigenvalue weighted by Crippen LogP contribution is -2.36. The molecule has 0 heterocycles. The quantitative estimate of drug-likeness (QED) is 0.845. The van der Waals surface area contributed by atoms with Crippen LogP contribution in [0.15, 0.2) is 12.1 Å². The van der Waals surface area contributed by atoms with Crippen LogP contribution in [0.5, 0.6) is 11.5 Å². The van der Waals surface area contributed by atoms with E-state index >= 15 is 0 Å². The van der Waals surface area contributed by atoms with Gasteiger partial charge in [-0.3, -0.25) is 0 Å². The first-order valence-electron chi connectivity index (χ1n) is 5.34. The third kappa shape index (κ3) is 2.70. The highest BCUT2D eigenvalue weighted by Gasteiger charge is 2.40. The largest absolute Gasteiger partial charge is 0.496 e. The third-order valence-electron chi connectivity index (χ3n) is 2.67. The molecule has 0 bridgehead atoms. The standard InChI is InChI=1S/C12H17F2NO3/c1-7-4-8(17-2)10(9(5-7)18-3)11(15)12(13,14)6-16/h4-5,11,16H,6,15H2,1-3H3/t11-/m1/s1. The summed E-state index contributed by atoms with van der Waals surface area (Å²) in [6.45, 7) is 0.443. The second-order valence-electron chi connectivity index (χ2n) is 3.98. The van der Waals surface area contributed by atoms with Gasteiger partial charge in [-0.25, -0.2) is 8.78 Å². The van der Waals surface area contributed by atoms with Gasteiger partial charge in [-0.05, 0) is 24.6 Å². The Morgan fingerprint density at radius 3 is 2.06 bits per heavy atom. The number of methoxy groups -OCH3 is 2.